The highest BCUT2D eigenvalue weighted by Crippen LogP contribution is 2.15. The Morgan fingerprint density at radius 2 is 2.17 bits per heavy atom. The number of rotatable bonds is 5. The molecule has 4 heteroatoms. The number of ether oxygens (including phenoxy) is 1. The zero-order chi connectivity index (χ0) is 12.8. The number of benzene rings is 1. The van der Waals surface area contributed by atoms with E-state index in [1.165, 1.54) is 0 Å². The van der Waals surface area contributed by atoms with Crippen LogP contribution < -0.4 is 15.4 Å². The van der Waals surface area contributed by atoms with Crippen LogP contribution in [0.1, 0.15) is 6.42 Å². The highest BCUT2D eigenvalue weighted by Gasteiger charge is 2.15. The predicted octanol–water partition coefficient (Wildman–Crippen LogP) is 1.40. The number of nitrogens with zero attached hydrogens (tertiary/aromatic N) is 1. The number of likely N-dealkylation sites (N-methyl/N-ethyl adjacent to an activating group) is 1. The largest absolute Gasteiger partial charge is 0.497 e. The molecule has 0 saturated carbocycles. The van der Waals surface area contributed by atoms with Gasteiger partial charge >= 0.3 is 0 Å². The molecule has 2 N–H and O–H groups in total. The minimum Gasteiger partial charge on any atom is -0.497 e. The molecule has 0 amide bonds. The first-order valence-corrected chi connectivity index (χ1v) is 6.58. The molecule has 1 fully saturated rings. The van der Waals surface area contributed by atoms with Crippen LogP contribution in [0.3, 0.4) is 0 Å². The molecule has 100 valence electrons. The average Bonchev–Trinajstić information content (AvgIpc) is 2.40. The van der Waals surface area contributed by atoms with Gasteiger partial charge < -0.3 is 20.3 Å². The molecule has 1 aliphatic heterocycles. The van der Waals surface area contributed by atoms with Crippen molar-refractivity contribution >= 4 is 5.69 Å². The van der Waals surface area contributed by atoms with Crippen LogP contribution >= 0.6 is 0 Å². The summed E-state index contributed by atoms with van der Waals surface area (Å²) < 4.78 is 5.14. The van der Waals surface area contributed by atoms with Crippen molar-refractivity contribution in [2.24, 2.45) is 0 Å². The van der Waals surface area contributed by atoms with Crippen LogP contribution in [0, 0.1) is 0 Å². The molecule has 4 nitrogen and oxygen atoms in total. The summed E-state index contributed by atoms with van der Waals surface area (Å²) in [4.78, 5) is 2.38. The second-order valence-corrected chi connectivity index (χ2v) is 4.86. The van der Waals surface area contributed by atoms with Gasteiger partial charge in [-0.05, 0) is 37.7 Å². The van der Waals surface area contributed by atoms with Crippen LogP contribution in [0.25, 0.3) is 0 Å². The third-order valence-electron chi connectivity index (χ3n) is 3.37. The number of anilines is 1. The maximum absolute atomic E-state index is 5.14. The maximum Gasteiger partial charge on any atom is 0.119 e. The van der Waals surface area contributed by atoms with Crippen LogP contribution in [0.15, 0.2) is 24.3 Å². The summed E-state index contributed by atoms with van der Waals surface area (Å²) in [6, 6.07) is 8.68. The predicted molar refractivity (Wildman–Crippen MR) is 75.4 cm³/mol. The van der Waals surface area contributed by atoms with Crippen molar-refractivity contribution in [1.82, 2.24) is 10.2 Å². The average molecular weight is 249 g/mol. The molecule has 2 rings (SSSR count). The SMILES string of the molecule is COc1ccc(NCCC2CN(C)CCN2)cc1. The van der Waals surface area contributed by atoms with E-state index >= 15 is 0 Å². The molecular weight excluding hydrogens is 226 g/mol. The van der Waals surface area contributed by atoms with Gasteiger partial charge in [0.05, 0.1) is 7.11 Å². The van der Waals surface area contributed by atoms with E-state index in [9.17, 15) is 0 Å². The zero-order valence-electron chi connectivity index (χ0n) is 11.3. The first kappa shape index (κ1) is 13.2. The summed E-state index contributed by atoms with van der Waals surface area (Å²) in [6.07, 6.45) is 1.15. The first-order valence-electron chi connectivity index (χ1n) is 6.58. The Morgan fingerprint density at radius 3 is 2.83 bits per heavy atom. The van der Waals surface area contributed by atoms with Gasteiger partial charge in [-0.1, -0.05) is 0 Å². The molecule has 1 atom stereocenters. The Hall–Kier alpha value is -1.26. The molecule has 0 radical (unpaired) electrons. The standard InChI is InChI=1S/C14H23N3O/c1-17-10-9-16-13(11-17)7-8-15-12-3-5-14(18-2)6-4-12/h3-6,13,15-16H,7-11H2,1-2H3. The van der Waals surface area contributed by atoms with Crippen molar-refractivity contribution in [3.8, 4) is 5.75 Å². The molecule has 0 spiro atoms. The topological polar surface area (TPSA) is 36.5 Å². The second kappa shape index (κ2) is 6.61. The van der Waals surface area contributed by atoms with Crippen LogP contribution in [0.4, 0.5) is 5.69 Å². The Morgan fingerprint density at radius 1 is 1.39 bits per heavy atom. The summed E-state index contributed by atoms with van der Waals surface area (Å²) >= 11 is 0. The minimum atomic E-state index is 0.606. The second-order valence-electron chi connectivity index (χ2n) is 4.86. The summed E-state index contributed by atoms with van der Waals surface area (Å²) in [6.45, 7) is 4.40. The lowest BCUT2D eigenvalue weighted by atomic mass is 10.1. The fraction of sp³-hybridized carbons (Fsp3) is 0.571. The van der Waals surface area contributed by atoms with Gasteiger partial charge in [0.15, 0.2) is 0 Å². The van der Waals surface area contributed by atoms with Crippen LogP contribution in [0.5, 0.6) is 5.75 Å². The molecular formula is C14H23N3O. The third-order valence-corrected chi connectivity index (χ3v) is 3.37. The fourth-order valence-electron chi connectivity index (χ4n) is 2.28. The third kappa shape index (κ3) is 3.89. The molecule has 1 aliphatic rings. The molecule has 1 unspecified atom stereocenters. The summed E-state index contributed by atoms with van der Waals surface area (Å²) in [5.41, 5.74) is 1.15. The number of nitrogens with one attached hydrogen (secondary N) is 2. The van der Waals surface area contributed by atoms with Crippen LogP contribution in [-0.2, 0) is 0 Å². The van der Waals surface area contributed by atoms with E-state index in [4.69, 9.17) is 4.74 Å². The van der Waals surface area contributed by atoms with E-state index in [2.05, 4.69) is 34.7 Å². The van der Waals surface area contributed by atoms with Crippen molar-refractivity contribution in [3.63, 3.8) is 0 Å². The smallest absolute Gasteiger partial charge is 0.119 e. The van der Waals surface area contributed by atoms with Gasteiger partial charge in [-0.3, -0.25) is 0 Å². The monoisotopic (exact) mass is 249 g/mol. The zero-order valence-corrected chi connectivity index (χ0v) is 11.3. The Bertz CT molecular complexity index is 353. The van der Waals surface area contributed by atoms with Gasteiger partial charge in [0, 0.05) is 37.9 Å². The van der Waals surface area contributed by atoms with E-state index in [1.54, 1.807) is 7.11 Å². The maximum atomic E-state index is 5.14. The molecule has 0 aromatic heterocycles. The molecule has 1 aromatic rings. The Labute approximate surface area is 109 Å². The molecule has 0 bridgehead atoms. The quantitative estimate of drug-likeness (QED) is 0.827. The summed E-state index contributed by atoms with van der Waals surface area (Å²) in [5, 5.41) is 7.00. The Kier molecular flexibility index (Phi) is 4.84. The van der Waals surface area contributed by atoms with Crippen LogP contribution in [-0.4, -0.2) is 51.3 Å². The van der Waals surface area contributed by atoms with Gasteiger partial charge in [0.2, 0.25) is 0 Å². The van der Waals surface area contributed by atoms with Crippen LogP contribution in [0.2, 0.25) is 0 Å². The first-order chi connectivity index (χ1) is 8.78. The normalized spacial score (nSPS) is 20.7. The highest BCUT2D eigenvalue weighted by molar-refractivity contribution is 5.46. The highest BCUT2D eigenvalue weighted by atomic mass is 16.5. The van der Waals surface area contributed by atoms with Gasteiger partial charge in [-0.2, -0.15) is 0 Å². The molecule has 1 heterocycles. The fourth-order valence-corrected chi connectivity index (χ4v) is 2.28. The van der Waals surface area contributed by atoms with Crippen molar-refractivity contribution in [2.75, 3.05) is 45.7 Å². The summed E-state index contributed by atoms with van der Waals surface area (Å²) in [7, 11) is 3.87. The molecule has 18 heavy (non-hydrogen) atoms. The van der Waals surface area contributed by atoms with Gasteiger partial charge in [-0.15, -0.1) is 0 Å². The van der Waals surface area contributed by atoms with Crippen molar-refractivity contribution in [3.05, 3.63) is 24.3 Å². The summed E-state index contributed by atoms with van der Waals surface area (Å²) in [5.74, 6) is 0.899. The lowest BCUT2D eigenvalue weighted by molar-refractivity contribution is 0.234. The van der Waals surface area contributed by atoms with Crippen molar-refractivity contribution in [1.29, 1.82) is 0 Å². The van der Waals surface area contributed by atoms with Gasteiger partial charge in [0.1, 0.15) is 5.75 Å². The molecule has 0 aliphatic carbocycles. The van der Waals surface area contributed by atoms with Gasteiger partial charge in [-0.25, -0.2) is 0 Å². The molecule has 1 saturated heterocycles. The number of hydrogen-bond donors (Lipinski definition) is 2. The minimum absolute atomic E-state index is 0.606. The lowest BCUT2D eigenvalue weighted by Gasteiger charge is -2.31. The van der Waals surface area contributed by atoms with E-state index in [1.807, 2.05) is 12.1 Å². The molecule has 1 aromatic carbocycles. The van der Waals surface area contributed by atoms with E-state index in [-0.39, 0.29) is 0 Å². The van der Waals surface area contributed by atoms with Crippen molar-refractivity contribution < 1.29 is 4.74 Å². The number of piperazine rings is 1. The number of methoxy groups -OCH3 is 1. The van der Waals surface area contributed by atoms with E-state index in [0.717, 1.165) is 44.0 Å². The van der Waals surface area contributed by atoms with E-state index < -0.39 is 0 Å². The van der Waals surface area contributed by atoms with E-state index in [0.29, 0.717) is 6.04 Å². The number of hydrogen-bond acceptors (Lipinski definition) is 4. The van der Waals surface area contributed by atoms with Gasteiger partial charge in [0.25, 0.3) is 0 Å². The Balaban J connectivity index is 1.70. The lowest BCUT2D eigenvalue weighted by Crippen LogP contribution is -2.49. The van der Waals surface area contributed by atoms with Crippen molar-refractivity contribution in [2.45, 2.75) is 12.5 Å².